The Labute approximate surface area is 124 Å². The summed E-state index contributed by atoms with van der Waals surface area (Å²) in [6, 6.07) is 10.3. The SMILES string of the molecule is N#Cc1ccc(N(O)C(=O)c2ccc([N+](=O)[O-])cc2O)cc1. The van der Waals surface area contributed by atoms with E-state index in [2.05, 4.69) is 0 Å². The van der Waals surface area contributed by atoms with Gasteiger partial charge in [0.2, 0.25) is 0 Å². The van der Waals surface area contributed by atoms with Crippen LogP contribution < -0.4 is 5.06 Å². The first-order valence-electron chi connectivity index (χ1n) is 5.95. The van der Waals surface area contributed by atoms with Crippen LogP contribution in [-0.2, 0) is 0 Å². The fourth-order valence-electron chi connectivity index (χ4n) is 1.72. The van der Waals surface area contributed by atoms with Gasteiger partial charge < -0.3 is 5.11 Å². The monoisotopic (exact) mass is 299 g/mol. The number of rotatable bonds is 3. The zero-order chi connectivity index (χ0) is 16.3. The van der Waals surface area contributed by atoms with Gasteiger partial charge in [0.25, 0.3) is 11.6 Å². The molecule has 8 nitrogen and oxygen atoms in total. The summed E-state index contributed by atoms with van der Waals surface area (Å²) in [5.41, 5.74) is -0.237. The first kappa shape index (κ1) is 15.0. The summed E-state index contributed by atoms with van der Waals surface area (Å²) in [6.07, 6.45) is 0. The average molecular weight is 299 g/mol. The van der Waals surface area contributed by atoms with E-state index in [0.29, 0.717) is 5.56 Å². The number of amides is 1. The summed E-state index contributed by atoms with van der Waals surface area (Å²) in [7, 11) is 0. The van der Waals surface area contributed by atoms with Gasteiger partial charge in [-0.25, -0.2) is 0 Å². The number of nitriles is 1. The minimum Gasteiger partial charge on any atom is -0.507 e. The third kappa shape index (κ3) is 2.84. The Balaban J connectivity index is 2.30. The molecule has 0 aromatic heterocycles. The lowest BCUT2D eigenvalue weighted by atomic mass is 10.1. The van der Waals surface area contributed by atoms with Crippen molar-refractivity contribution in [3.05, 3.63) is 63.7 Å². The number of benzene rings is 2. The van der Waals surface area contributed by atoms with Gasteiger partial charge in [-0.3, -0.25) is 20.1 Å². The van der Waals surface area contributed by atoms with Gasteiger partial charge >= 0.3 is 0 Å². The number of nitro benzene ring substituents is 1. The Morgan fingerprint density at radius 3 is 2.36 bits per heavy atom. The number of carbonyl (C=O) groups excluding carboxylic acids is 1. The molecule has 2 aromatic carbocycles. The molecule has 2 N–H and O–H groups in total. The summed E-state index contributed by atoms with van der Waals surface area (Å²) in [4.78, 5) is 21.9. The molecule has 0 fully saturated rings. The van der Waals surface area contributed by atoms with E-state index in [-0.39, 0.29) is 22.0 Å². The largest absolute Gasteiger partial charge is 0.507 e. The zero-order valence-corrected chi connectivity index (χ0v) is 11.0. The number of nitrogens with zero attached hydrogens (tertiary/aromatic N) is 3. The Hall–Kier alpha value is -3.44. The van der Waals surface area contributed by atoms with E-state index in [1.54, 1.807) is 0 Å². The van der Waals surface area contributed by atoms with Crippen molar-refractivity contribution in [3.8, 4) is 11.8 Å². The quantitative estimate of drug-likeness (QED) is 0.508. The summed E-state index contributed by atoms with van der Waals surface area (Å²) >= 11 is 0. The van der Waals surface area contributed by atoms with Crippen molar-refractivity contribution in [3.63, 3.8) is 0 Å². The summed E-state index contributed by atoms with van der Waals surface area (Å²) in [5, 5.41) is 39.1. The predicted octanol–water partition coefficient (Wildman–Crippen LogP) is 2.21. The van der Waals surface area contributed by atoms with Gasteiger partial charge in [0.15, 0.2) is 0 Å². The second-order valence-corrected chi connectivity index (χ2v) is 4.23. The first-order chi connectivity index (χ1) is 10.4. The lowest BCUT2D eigenvalue weighted by Crippen LogP contribution is -2.27. The number of anilines is 1. The highest BCUT2D eigenvalue weighted by atomic mass is 16.6. The van der Waals surface area contributed by atoms with Crippen molar-refractivity contribution in [2.75, 3.05) is 5.06 Å². The van der Waals surface area contributed by atoms with Crippen molar-refractivity contribution in [1.29, 1.82) is 5.26 Å². The molecule has 0 aliphatic heterocycles. The van der Waals surface area contributed by atoms with E-state index in [1.807, 2.05) is 6.07 Å². The molecule has 22 heavy (non-hydrogen) atoms. The second kappa shape index (κ2) is 5.90. The number of phenols is 1. The number of hydrogen-bond acceptors (Lipinski definition) is 6. The molecule has 0 atom stereocenters. The third-order valence-electron chi connectivity index (χ3n) is 2.86. The number of hydrogen-bond donors (Lipinski definition) is 2. The number of hydroxylamine groups is 1. The molecule has 0 spiro atoms. The summed E-state index contributed by atoms with van der Waals surface area (Å²) < 4.78 is 0. The smallest absolute Gasteiger partial charge is 0.285 e. The minimum absolute atomic E-state index is 0.0850. The highest BCUT2D eigenvalue weighted by Gasteiger charge is 2.21. The molecule has 0 heterocycles. The van der Waals surface area contributed by atoms with E-state index in [0.717, 1.165) is 18.2 Å². The third-order valence-corrected chi connectivity index (χ3v) is 2.86. The first-order valence-corrected chi connectivity index (χ1v) is 5.95. The van der Waals surface area contributed by atoms with Crippen molar-refractivity contribution in [2.24, 2.45) is 0 Å². The van der Waals surface area contributed by atoms with E-state index < -0.39 is 16.6 Å². The highest BCUT2D eigenvalue weighted by molar-refractivity contribution is 6.06. The van der Waals surface area contributed by atoms with Crippen molar-refractivity contribution < 1.29 is 20.0 Å². The van der Waals surface area contributed by atoms with Crippen molar-refractivity contribution in [2.45, 2.75) is 0 Å². The topological polar surface area (TPSA) is 128 Å². The fraction of sp³-hybridized carbons (Fsp3) is 0. The number of non-ortho nitro benzene ring substituents is 1. The van der Waals surface area contributed by atoms with Crippen LogP contribution in [0.5, 0.6) is 5.75 Å². The van der Waals surface area contributed by atoms with Gasteiger partial charge in [-0.2, -0.15) is 10.3 Å². The number of aromatic hydroxyl groups is 1. The van der Waals surface area contributed by atoms with Crippen LogP contribution in [0, 0.1) is 21.4 Å². The average Bonchev–Trinajstić information content (AvgIpc) is 2.53. The number of carbonyl (C=O) groups is 1. The van der Waals surface area contributed by atoms with E-state index >= 15 is 0 Å². The molecule has 1 amide bonds. The molecule has 2 rings (SSSR count). The van der Waals surface area contributed by atoms with Crippen LogP contribution in [0.25, 0.3) is 0 Å². The molecule has 0 saturated carbocycles. The molecule has 8 heteroatoms. The van der Waals surface area contributed by atoms with Crippen molar-refractivity contribution >= 4 is 17.3 Å². The lowest BCUT2D eigenvalue weighted by Gasteiger charge is -2.15. The maximum Gasteiger partial charge on any atom is 0.285 e. The Morgan fingerprint density at radius 2 is 1.86 bits per heavy atom. The number of phenolic OH excluding ortho intramolecular Hbond substituents is 1. The Kier molecular flexibility index (Phi) is 4.01. The fourth-order valence-corrected chi connectivity index (χ4v) is 1.72. The molecule has 0 unspecified atom stereocenters. The van der Waals surface area contributed by atoms with Crippen LogP contribution in [0.3, 0.4) is 0 Å². The lowest BCUT2D eigenvalue weighted by molar-refractivity contribution is -0.384. The summed E-state index contributed by atoms with van der Waals surface area (Å²) in [6.45, 7) is 0. The molecule has 0 aliphatic carbocycles. The summed E-state index contributed by atoms with van der Waals surface area (Å²) in [5.74, 6) is -1.58. The van der Waals surface area contributed by atoms with Crippen LogP contribution in [0.2, 0.25) is 0 Å². The minimum atomic E-state index is -0.961. The number of nitro groups is 1. The highest BCUT2D eigenvalue weighted by Crippen LogP contribution is 2.26. The van der Waals surface area contributed by atoms with Crippen LogP contribution in [0.1, 0.15) is 15.9 Å². The molecule has 0 bridgehead atoms. The molecular formula is C14H9N3O5. The molecule has 110 valence electrons. The molecule has 0 saturated heterocycles. The Bertz CT molecular complexity index is 780. The standard InChI is InChI=1S/C14H9N3O5/c15-8-9-1-3-10(4-2-9)16(20)14(19)12-6-5-11(17(21)22)7-13(12)18/h1-7,18,20H. The van der Waals surface area contributed by atoms with E-state index in [9.17, 15) is 25.2 Å². The van der Waals surface area contributed by atoms with Crippen LogP contribution in [-0.4, -0.2) is 21.1 Å². The van der Waals surface area contributed by atoms with Gasteiger partial charge in [-0.05, 0) is 30.3 Å². The van der Waals surface area contributed by atoms with E-state index in [1.165, 1.54) is 24.3 Å². The van der Waals surface area contributed by atoms with E-state index in [4.69, 9.17) is 5.26 Å². The molecular weight excluding hydrogens is 290 g/mol. The second-order valence-electron chi connectivity index (χ2n) is 4.23. The van der Waals surface area contributed by atoms with Crippen molar-refractivity contribution in [1.82, 2.24) is 0 Å². The molecule has 2 aromatic rings. The van der Waals surface area contributed by atoms with Gasteiger partial charge in [0.05, 0.1) is 33.9 Å². The van der Waals surface area contributed by atoms with Crippen LogP contribution >= 0.6 is 0 Å². The van der Waals surface area contributed by atoms with Gasteiger partial charge in [0.1, 0.15) is 5.75 Å². The van der Waals surface area contributed by atoms with Gasteiger partial charge in [-0.1, -0.05) is 0 Å². The molecule has 0 aliphatic rings. The maximum absolute atomic E-state index is 12.1. The maximum atomic E-state index is 12.1. The predicted molar refractivity (Wildman–Crippen MR) is 74.5 cm³/mol. The van der Waals surface area contributed by atoms with Gasteiger partial charge in [0, 0.05) is 6.07 Å². The van der Waals surface area contributed by atoms with Crippen LogP contribution in [0.15, 0.2) is 42.5 Å². The normalized spacial score (nSPS) is 9.82. The van der Waals surface area contributed by atoms with Crippen LogP contribution in [0.4, 0.5) is 11.4 Å². The van der Waals surface area contributed by atoms with Gasteiger partial charge in [-0.15, -0.1) is 0 Å². The zero-order valence-electron chi connectivity index (χ0n) is 11.0. The Morgan fingerprint density at radius 1 is 1.23 bits per heavy atom. The molecule has 0 radical (unpaired) electrons.